The molecule has 0 aliphatic carbocycles. The van der Waals surface area contributed by atoms with Crippen LogP contribution in [0.4, 0.5) is 0 Å². The van der Waals surface area contributed by atoms with Crippen LogP contribution in [0.3, 0.4) is 0 Å². The van der Waals surface area contributed by atoms with Gasteiger partial charge in [-0.25, -0.2) is 0 Å². The van der Waals surface area contributed by atoms with Crippen LogP contribution in [0.5, 0.6) is 0 Å². The van der Waals surface area contributed by atoms with Gasteiger partial charge in [-0.3, -0.25) is 0 Å². The van der Waals surface area contributed by atoms with E-state index < -0.39 is 0 Å². The molecule has 0 aromatic heterocycles. The lowest BCUT2D eigenvalue weighted by atomic mass is 9.97. The highest BCUT2D eigenvalue weighted by Gasteiger charge is 2.09. The summed E-state index contributed by atoms with van der Waals surface area (Å²) in [6.45, 7) is 4.25. The maximum absolute atomic E-state index is 6.33. The Morgan fingerprint density at radius 3 is 2.44 bits per heavy atom. The average molecular weight is 260 g/mol. The number of hydrogen-bond acceptors (Lipinski definition) is 1. The molecule has 2 aromatic carbocycles. The molecule has 0 saturated carbocycles. The fraction of sp³-hybridized carbons (Fsp3) is 0.250. The van der Waals surface area contributed by atoms with Gasteiger partial charge < -0.3 is 5.32 Å². The predicted molar refractivity (Wildman–Crippen MR) is 79.1 cm³/mol. The van der Waals surface area contributed by atoms with Gasteiger partial charge in [0.25, 0.3) is 0 Å². The van der Waals surface area contributed by atoms with Gasteiger partial charge in [-0.15, -0.1) is 0 Å². The molecular formula is C16H18ClN. The van der Waals surface area contributed by atoms with Gasteiger partial charge in [-0.2, -0.15) is 0 Å². The van der Waals surface area contributed by atoms with Crippen molar-refractivity contribution in [2.24, 2.45) is 0 Å². The Morgan fingerprint density at radius 2 is 1.78 bits per heavy atom. The van der Waals surface area contributed by atoms with Crippen LogP contribution in [-0.4, -0.2) is 7.05 Å². The lowest BCUT2D eigenvalue weighted by Crippen LogP contribution is -2.12. The van der Waals surface area contributed by atoms with Crippen molar-refractivity contribution in [2.75, 3.05) is 7.05 Å². The van der Waals surface area contributed by atoms with Crippen molar-refractivity contribution in [3.8, 4) is 11.1 Å². The zero-order chi connectivity index (χ0) is 13.1. The number of rotatable bonds is 3. The van der Waals surface area contributed by atoms with E-state index in [1.165, 1.54) is 16.7 Å². The number of nitrogens with one attached hydrogen (secondary N) is 1. The van der Waals surface area contributed by atoms with Gasteiger partial charge in [-0.05, 0) is 49.7 Å². The van der Waals surface area contributed by atoms with Crippen LogP contribution in [-0.2, 0) is 0 Å². The summed E-state index contributed by atoms with van der Waals surface area (Å²) < 4.78 is 0. The van der Waals surface area contributed by atoms with Crippen LogP contribution in [0.25, 0.3) is 11.1 Å². The topological polar surface area (TPSA) is 12.0 Å². The smallest absolute Gasteiger partial charge is 0.0484 e. The number of benzene rings is 2. The minimum atomic E-state index is 0.324. The van der Waals surface area contributed by atoms with Crippen molar-refractivity contribution in [2.45, 2.75) is 19.9 Å². The first kappa shape index (κ1) is 13.1. The highest BCUT2D eigenvalue weighted by atomic mass is 35.5. The second-order valence-corrected chi connectivity index (χ2v) is 4.97. The first-order valence-corrected chi connectivity index (χ1v) is 6.54. The van der Waals surface area contributed by atoms with E-state index in [-0.39, 0.29) is 0 Å². The fourth-order valence-corrected chi connectivity index (χ4v) is 2.28. The van der Waals surface area contributed by atoms with Crippen molar-refractivity contribution < 1.29 is 0 Å². The predicted octanol–water partition coefficient (Wildman–Crippen LogP) is 4.60. The molecule has 0 radical (unpaired) electrons. The molecule has 0 aliphatic heterocycles. The minimum Gasteiger partial charge on any atom is -0.313 e. The van der Waals surface area contributed by atoms with E-state index in [0.717, 1.165) is 10.6 Å². The number of aryl methyl sites for hydroxylation is 1. The van der Waals surface area contributed by atoms with Crippen LogP contribution >= 0.6 is 11.6 Å². The molecule has 0 aliphatic rings. The number of halogens is 1. The summed E-state index contributed by atoms with van der Waals surface area (Å²) in [5, 5.41) is 4.05. The molecule has 1 atom stereocenters. The minimum absolute atomic E-state index is 0.324. The summed E-state index contributed by atoms with van der Waals surface area (Å²) in [4.78, 5) is 0. The molecule has 0 fully saturated rings. The Bertz CT molecular complexity index is 549. The van der Waals surface area contributed by atoms with Crippen LogP contribution in [0.2, 0.25) is 5.02 Å². The Morgan fingerprint density at radius 1 is 1.06 bits per heavy atom. The van der Waals surface area contributed by atoms with Crippen LogP contribution in [0, 0.1) is 6.92 Å². The summed E-state index contributed by atoms with van der Waals surface area (Å²) in [7, 11) is 1.96. The highest BCUT2D eigenvalue weighted by molar-refractivity contribution is 6.33. The fourth-order valence-electron chi connectivity index (χ4n) is 2.06. The van der Waals surface area contributed by atoms with Crippen molar-refractivity contribution in [1.82, 2.24) is 5.32 Å². The van der Waals surface area contributed by atoms with Crippen molar-refractivity contribution >= 4 is 11.6 Å². The Balaban J connectivity index is 2.54. The third-order valence-electron chi connectivity index (χ3n) is 3.36. The molecule has 2 heteroatoms. The standard InChI is InChI=1S/C16H18ClN/c1-11-6-4-5-7-14(11)15-10-13(12(2)18-3)8-9-16(15)17/h4-10,12,18H,1-3H3. The first-order chi connectivity index (χ1) is 8.63. The van der Waals surface area contributed by atoms with Gasteiger partial charge in [0.05, 0.1) is 0 Å². The Kier molecular flexibility index (Phi) is 4.05. The largest absolute Gasteiger partial charge is 0.313 e. The average Bonchev–Trinajstić information content (AvgIpc) is 2.39. The van der Waals surface area contributed by atoms with Crippen LogP contribution in [0.15, 0.2) is 42.5 Å². The summed E-state index contributed by atoms with van der Waals surface area (Å²) in [5.41, 5.74) is 4.80. The van der Waals surface area contributed by atoms with Gasteiger partial charge in [0.2, 0.25) is 0 Å². The second-order valence-electron chi connectivity index (χ2n) is 4.56. The van der Waals surface area contributed by atoms with E-state index in [0.29, 0.717) is 6.04 Å². The summed E-state index contributed by atoms with van der Waals surface area (Å²) in [5.74, 6) is 0. The molecule has 0 heterocycles. The third-order valence-corrected chi connectivity index (χ3v) is 3.69. The monoisotopic (exact) mass is 259 g/mol. The quantitative estimate of drug-likeness (QED) is 0.850. The maximum atomic E-state index is 6.33. The van der Waals surface area contributed by atoms with E-state index in [2.05, 4.69) is 43.4 Å². The maximum Gasteiger partial charge on any atom is 0.0484 e. The van der Waals surface area contributed by atoms with Gasteiger partial charge in [-0.1, -0.05) is 41.9 Å². The van der Waals surface area contributed by atoms with Crippen molar-refractivity contribution in [3.05, 3.63) is 58.6 Å². The van der Waals surface area contributed by atoms with E-state index in [1.54, 1.807) is 0 Å². The van der Waals surface area contributed by atoms with Gasteiger partial charge in [0.15, 0.2) is 0 Å². The second kappa shape index (κ2) is 5.55. The molecule has 0 spiro atoms. The molecule has 1 unspecified atom stereocenters. The molecule has 0 amide bonds. The van der Waals surface area contributed by atoms with E-state index in [1.807, 2.05) is 25.2 Å². The van der Waals surface area contributed by atoms with E-state index in [9.17, 15) is 0 Å². The molecule has 94 valence electrons. The van der Waals surface area contributed by atoms with E-state index in [4.69, 9.17) is 11.6 Å². The normalized spacial score (nSPS) is 12.4. The summed E-state index contributed by atoms with van der Waals surface area (Å²) in [6.07, 6.45) is 0. The molecule has 2 aromatic rings. The van der Waals surface area contributed by atoms with Crippen LogP contribution in [0.1, 0.15) is 24.1 Å². The van der Waals surface area contributed by atoms with Crippen LogP contribution < -0.4 is 5.32 Å². The zero-order valence-electron chi connectivity index (χ0n) is 11.0. The van der Waals surface area contributed by atoms with Crippen molar-refractivity contribution in [3.63, 3.8) is 0 Å². The molecule has 2 rings (SSSR count). The Hall–Kier alpha value is -1.31. The summed E-state index contributed by atoms with van der Waals surface area (Å²) >= 11 is 6.33. The zero-order valence-corrected chi connectivity index (χ0v) is 11.8. The SMILES string of the molecule is CNC(C)c1ccc(Cl)c(-c2ccccc2C)c1. The molecular weight excluding hydrogens is 242 g/mol. The lowest BCUT2D eigenvalue weighted by Gasteiger charge is -2.14. The van der Waals surface area contributed by atoms with E-state index >= 15 is 0 Å². The molecule has 0 bridgehead atoms. The molecule has 1 N–H and O–H groups in total. The van der Waals surface area contributed by atoms with Gasteiger partial charge in [0.1, 0.15) is 0 Å². The van der Waals surface area contributed by atoms with Gasteiger partial charge >= 0.3 is 0 Å². The Labute approximate surface area is 114 Å². The lowest BCUT2D eigenvalue weighted by molar-refractivity contribution is 0.652. The molecule has 0 saturated heterocycles. The third kappa shape index (κ3) is 2.58. The molecule has 18 heavy (non-hydrogen) atoms. The summed E-state index contributed by atoms with van der Waals surface area (Å²) in [6, 6.07) is 14.9. The van der Waals surface area contributed by atoms with Crippen molar-refractivity contribution in [1.29, 1.82) is 0 Å². The number of hydrogen-bond donors (Lipinski definition) is 1. The first-order valence-electron chi connectivity index (χ1n) is 6.16. The highest BCUT2D eigenvalue weighted by Crippen LogP contribution is 2.32. The van der Waals surface area contributed by atoms with Gasteiger partial charge in [0, 0.05) is 16.6 Å². The molecule has 1 nitrogen and oxygen atoms in total.